The number of nitrogens with zero attached hydrogens (tertiary/aromatic N) is 4. The molecular formula is C13H11N5O. The molecular weight excluding hydrogens is 242 g/mol. The molecule has 0 amide bonds. The van der Waals surface area contributed by atoms with Crippen molar-refractivity contribution in [1.82, 2.24) is 19.7 Å². The Morgan fingerprint density at radius 3 is 2.95 bits per heavy atom. The van der Waals surface area contributed by atoms with Gasteiger partial charge in [-0.2, -0.15) is 5.10 Å². The number of carbonyl (C=O) groups is 1. The highest BCUT2D eigenvalue weighted by Gasteiger charge is 2.15. The number of rotatable bonds is 2. The SMILES string of the molecule is Cn1nc(-c2cccc(C=O)c2)c2c(N)ncnc21. The molecule has 94 valence electrons. The second-order valence-electron chi connectivity index (χ2n) is 4.17. The van der Waals surface area contributed by atoms with Gasteiger partial charge >= 0.3 is 0 Å². The Morgan fingerprint density at radius 1 is 1.32 bits per heavy atom. The fraction of sp³-hybridized carbons (Fsp3) is 0.0769. The van der Waals surface area contributed by atoms with Crippen LogP contribution in [0.15, 0.2) is 30.6 Å². The lowest BCUT2D eigenvalue weighted by Gasteiger charge is -2.00. The van der Waals surface area contributed by atoms with E-state index in [9.17, 15) is 4.79 Å². The Morgan fingerprint density at radius 2 is 2.16 bits per heavy atom. The van der Waals surface area contributed by atoms with Gasteiger partial charge in [0.1, 0.15) is 24.1 Å². The van der Waals surface area contributed by atoms with Crippen molar-refractivity contribution in [3.63, 3.8) is 0 Å². The summed E-state index contributed by atoms with van der Waals surface area (Å²) < 4.78 is 1.65. The topological polar surface area (TPSA) is 86.7 Å². The molecule has 2 heterocycles. The molecule has 0 atom stereocenters. The number of hydrogen-bond donors (Lipinski definition) is 1. The smallest absolute Gasteiger partial charge is 0.163 e. The molecule has 0 fully saturated rings. The summed E-state index contributed by atoms with van der Waals surface area (Å²) >= 11 is 0. The van der Waals surface area contributed by atoms with Gasteiger partial charge in [0.15, 0.2) is 5.65 Å². The molecule has 1 aromatic carbocycles. The average Bonchev–Trinajstić information content (AvgIpc) is 2.78. The van der Waals surface area contributed by atoms with Crippen LogP contribution >= 0.6 is 0 Å². The van der Waals surface area contributed by atoms with Crippen LogP contribution in [0, 0.1) is 0 Å². The molecule has 0 aliphatic rings. The third-order valence-corrected chi connectivity index (χ3v) is 2.95. The summed E-state index contributed by atoms with van der Waals surface area (Å²) in [4.78, 5) is 19.0. The standard InChI is InChI=1S/C13H11N5O/c1-18-13-10(12(14)15-7-16-13)11(17-18)9-4-2-3-8(5-9)6-19/h2-7H,1H3,(H2,14,15,16). The van der Waals surface area contributed by atoms with Gasteiger partial charge in [-0.15, -0.1) is 0 Å². The summed E-state index contributed by atoms with van der Waals surface area (Å²) in [5, 5.41) is 5.12. The maximum Gasteiger partial charge on any atom is 0.163 e. The summed E-state index contributed by atoms with van der Waals surface area (Å²) in [7, 11) is 1.79. The molecule has 6 heteroatoms. The molecule has 0 bridgehead atoms. The molecule has 0 saturated carbocycles. The quantitative estimate of drug-likeness (QED) is 0.698. The molecule has 2 N–H and O–H groups in total. The molecule has 6 nitrogen and oxygen atoms in total. The van der Waals surface area contributed by atoms with E-state index in [-0.39, 0.29) is 0 Å². The van der Waals surface area contributed by atoms with E-state index in [1.54, 1.807) is 29.9 Å². The van der Waals surface area contributed by atoms with E-state index in [1.807, 2.05) is 6.07 Å². The van der Waals surface area contributed by atoms with Crippen LogP contribution in [-0.4, -0.2) is 26.0 Å². The lowest BCUT2D eigenvalue weighted by Crippen LogP contribution is -1.95. The fourth-order valence-electron chi connectivity index (χ4n) is 2.07. The minimum atomic E-state index is 0.379. The maximum atomic E-state index is 10.9. The van der Waals surface area contributed by atoms with Crippen LogP contribution in [0.3, 0.4) is 0 Å². The van der Waals surface area contributed by atoms with Gasteiger partial charge in [-0.05, 0) is 6.07 Å². The molecule has 0 unspecified atom stereocenters. The predicted octanol–water partition coefficient (Wildman–Crippen LogP) is 1.42. The molecule has 0 saturated heterocycles. The largest absolute Gasteiger partial charge is 0.383 e. The number of aldehydes is 1. The first kappa shape index (κ1) is 11.3. The highest BCUT2D eigenvalue weighted by molar-refractivity contribution is 5.98. The molecule has 0 spiro atoms. The Balaban J connectivity index is 2.33. The van der Waals surface area contributed by atoms with Crippen molar-refractivity contribution in [2.45, 2.75) is 0 Å². The van der Waals surface area contributed by atoms with Gasteiger partial charge in [-0.1, -0.05) is 18.2 Å². The van der Waals surface area contributed by atoms with Crippen LogP contribution in [0.4, 0.5) is 5.82 Å². The monoisotopic (exact) mass is 253 g/mol. The first-order valence-electron chi connectivity index (χ1n) is 5.69. The van der Waals surface area contributed by atoms with E-state index in [0.717, 1.165) is 11.8 Å². The molecule has 0 radical (unpaired) electrons. The highest BCUT2D eigenvalue weighted by Crippen LogP contribution is 2.29. The van der Waals surface area contributed by atoms with Gasteiger partial charge < -0.3 is 5.73 Å². The zero-order valence-electron chi connectivity index (χ0n) is 10.2. The molecule has 0 aliphatic carbocycles. The van der Waals surface area contributed by atoms with Gasteiger partial charge in [0.25, 0.3) is 0 Å². The van der Waals surface area contributed by atoms with Crippen molar-refractivity contribution in [2.75, 3.05) is 5.73 Å². The Kier molecular flexibility index (Phi) is 2.49. The zero-order valence-corrected chi connectivity index (χ0v) is 10.2. The van der Waals surface area contributed by atoms with Crippen molar-refractivity contribution in [3.8, 4) is 11.3 Å². The third kappa shape index (κ3) is 1.74. The Labute approximate surface area is 108 Å². The lowest BCUT2D eigenvalue weighted by molar-refractivity contribution is 0.112. The number of nitrogens with two attached hydrogens (primary N) is 1. The molecule has 2 aromatic heterocycles. The van der Waals surface area contributed by atoms with Crippen molar-refractivity contribution in [2.24, 2.45) is 7.05 Å². The number of hydrogen-bond acceptors (Lipinski definition) is 5. The molecule has 3 aromatic rings. The normalized spacial score (nSPS) is 10.8. The summed E-state index contributed by atoms with van der Waals surface area (Å²) in [6.07, 6.45) is 2.21. The number of aromatic nitrogens is 4. The van der Waals surface area contributed by atoms with Gasteiger partial charge in [-0.3, -0.25) is 4.79 Å². The van der Waals surface area contributed by atoms with Gasteiger partial charge in [-0.25, -0.2) is 14.6 Å². The first-order chi connectivity index (χ1) is 9.20. The molecule has 19 heavy (non-hydrogen) atoms. The summed E-state index contributed by atoms with van der Waals surface area (Å²) in [6.45, 7) is 0. The minimum Gasteiger partial charge on any atom is -0.383 e. The fourth-order valence-corrected chi connectivity index (χ4v) is 2.07. The van der Waals surface area contributed by atoms with Crippen LogP contribution in [-0.2, 0) is 7.05 Å². The molecule has 3 rings (SSSR count). The lowest BCUT2D eigenvalue weighted by atomic mass is 10.1. The van der Waals surface area contributed by atoms with E-state index in [2.05, 4.69) is 15.1 Å². The van der Waals surface area contributed by atoms with Crippen molar-refractivity contribution >= 4 is 23.1 Å². The van der Waals surface area contributed by atoms with Gasteiger partial charge in [0.05, 0.1) is 5.39 Å². The van der Waals surface area contributed by atoms with Crippen LogP contribution in [0.2, 0.25) is 0 Å². The summed E-state index contributed by atoms with van der Waals surface area (Å²) in [5.41, 5.74) is 8.66. The molecule has 0 aliphatic heterocycles. The minimum absolute atomic E-state index is 0.379. The number of anilines is 1. The summed E-state index contributed by atoms with van der Waals surface area (Å²) in [6, 6.07) is 7.18. The van der Waals surface area contributed by atoms with Gasteiger partial charge in [0.2, 0.25) is 0 Å². The second kappa shape index (κ2) is 4.16. The highest BCUT2D eigenvalue weighted by atomic mass is 16.1. The number of aryl methyl sites for hydroxylation is 1. The maximum absolute atomic E-state index is 10.9. The summed E-state index contributed by atoms with van der Waals surface area (Å²) in [5.74, 6) is 0.379. The Bertz CT molecular complexity index is 778. The van der Waals surface area contributed by atoms with Crippen molar-refractivity contribution in [3.05, 3.63) is 36.2 Å². The van der Waals surface area contributed by atoms with Crippen LogP contribution in [0.25, 0.3) is 22.3 Å². The first-order valence-corrected chi connectivity index (χ1v) is 5.69. The zero-order chi connectivity index (χ0) is 13.4. The van der Waals surface area contributed by atoms with Crippen LogP contribution in [0.5, 0.6) is 0 Å². The second-order valence-corrected chi connectivity index (χ2v) is 4.17. The predicted molar refractivity (Wildman–Crippen MR) is 71.5 cm³/mol. The number of nitrogen functional groups attached to an aromatic ring is 1. The van der Waals surface area contributed by atoms with E-state index in [4.69, 9.17) is 5.73 Å². The van der Waals surface area contributed by atoms with Gasteiger partial charge in [0, 0.05) is 18.2 Å². The van der Waals surface area contributed by atoms with E-state index in [1.165, 1.54) is 6.33 Å². The van der Waals surface area contributed by atoms with Crippen molar-refractivity contribution < 1.29 is 4.79 Å². The van der Waals surface area contributed by atoms with Crippen molar-refractivity contribution in [1.29, 1.82) is 0 Å². The van der Waals surface area contributed by atoms with E-state index >= 15 is 0 Å². The van der Waals surface area contributed by atoms with Crippen LogP contribution < -0.4 is 5.73 Å². The van der Waals surface area contributed by atoms with E-state index in [0.29, 0.717) is 28.1 Å². The average molecular weight is 253 g/mol. The third-order valence-electron chi connectivity index (χ3n) is 2.95. The van der Waals surface area contributed by atoms with E-state index < -0.39 is 0 Å². The Hall–Kier alpha value is -2.76. The van der Waals surface area contributed by atoms with Crippen LogP contribution in [0.1, 0.15) is 10.4 Å². The number of carbonyl (C=O) groups excluding carboxylic acids is 1. The number of benzene rings is 1. The number of fused-ring (bicyclic) bond motifs is 1.